The predicted octanol–water partition coefficient (Wildman–Crippen LogP) is 6.46. The molecule has 0 aromatic heterocycles. The van der Waals surface area contributed by atoms with E-state index in [0.717, 1.165) is 10.6 Å². The summed E-state index contributed by atoms with van der Waals surface area (Å²) >= 11 is 4.28. The van der Waals surface area contributed by atoms with E-state index in [9.17, 15) is 0 Å². The molecule has 0 bridgehead atoms. The van der Waals surface area contributed by atoms with Gasteiger partial charge in [-0.25, -0.2) is 0 Å². The number of benzene rings is 2. The topological polar surface area (TPSA) is 9.23 Å². The number of ether oxygens (including phenoxy) is 1. The molecule has 124 valence electrons. The van der Waals surface area contributed by atoms with Gasteiger partial charge < -0.3 is 4.74 Å². The lowest BCUT2D eigenvalue weighted by atomic mass is 10.0. The van der Waals surface area contributed by atoms with Gasteiger partial charge in [-0.05, 0) is 48.2 Å². The summed E-state index contributed by atoms with van der Waals surface area (Å²) in [6.07, 6.45) is 9.32. The Bertz CT molecular complexity index is 545. The maximum Gasteiger partial charge on any atom is 0.119 e. The van der Waals surface area contributed by atoms with Crippen molar-refractivity contribution in [3.8, 4) is 5.75 Å². The molecule has 0 aliphatic carbocycles. The normalized spacial score (nSPS) is 10.7. The maximum absolute atomic E-state index is 5.79. The lowest BCUT2D eigenvalue weighted by Gasteiger charge is -2.07. The molecule has 0 fully saturated rings. The molecule has 2 aromatic rings. The van der Waals surface area contributed by atoms with Gasteiger partial charge >= 0.3 is 0 Å². The quantitative estimate of drug-likeness (QED) is 0.389. The van der Waals surface area contributed by atoms with Crippen molar-refractivity contribution in [2.24, 2.45) is 0 Å². The Morgan fingerprint density at radius 2 is 1.35 bits per heavy atom. The summed E-state index contributed by atoms with van der Waals surface area (Å²) in [5.74, 6) is 0.888. The summed E-state index contributed by atoms with van der Waals surface area (Å²) in [7, 11) is 0. The molecule has 0 aliphatic rings. The SMILES string of the molecule is CCCCCCCCc1ccc(COc2ccc(S)cc2)cc1. The van der Waals surface area contributed by atoms with Crippen LogP contribution in [-0.4, -0.2) is 0 Å². The highest BCUT2D eigenvalue weighted by atomic mass is 32.1. The van der Waals surface area contributed by atoms with Crippen LogP contribution in [0.1, 0.15) is 56.6 Å². The Labute approximate surface area is 146 Å². The van der Waals surface area contributed by atoms with E-state index in [0.29, 0.717) is 6.61 Å². The lowest BCUT2D eigenvalue weighted by Crippen LogP contribution is -1.96. The minimum atomic E-state index is 0.614. The third-order valence-corrected chi connectivity index (χ3v) is 4.38. The van der Waals surface area contributed by atoms with E-state index in [4.69, 9.17) is 4.74 Å². The van der Waals surface area contributed by atoms with Crippen molar-refractivity contribution in [2.75, 3.05) is 0 Å². The van der Waals surface area contributed by atoms with Gasteiger partial charge in [0.05, 0.1) is 0 Å². The van der Waals surface area contributed by atoms with Crippen molar-refractivity contribution in [1.82, 2.24) is 0 Å². The monoisotopic (exact) mass is 328 g/mol. The summed E-state index contributed by atoms with van der Waals surface area (Å²) < 4.78 is 5.79. The standard InChI is InChI=1S/C21H28OS/c1-2-3-4-5-6-7-8-18-9-11-19(12-10-18)17-22-20-13-15-21(23)16-14-20/h9-16,23H,2-8,17H2,1H3. The van der Waals surface area contributed by atoms with Crippen molar-refractivity contribution in [2.45, 2.75) is 63.4 Å². The molecule has 0 amide bonds. The van der Waals surface area contributed by atoms with Crippen molar-refractivity contribution in [3.63, 3.8) is 0 Å². The van der Waals surface area contributed by atoms with Gasteiger partial charge in [-0.1, -0.05) is 63.3 Å². The summed E-state index contributed by atoms with van der Waals surface area (Å²) in [6, 6.07) is 16.6. The fourth-order valence-corrected chi connectivity index (χ4v) is 2.77. The highest BCUT2D eigenvalue weighted by Crippen LogP contribution is 2.16. The van der Waals surface area contributed by atoms with Crippen LogP contribution in [0.4, 0.5) is 0 Å². The molecule has 23 heavy (non-hydrogen) atoms. The fraction of sp³-hybridized carbons (Fsp3) is 0.429. The van der Waals surface area contributed by atoms with Crippen LogP contribution in [0.2, 0.25) is 0 Å². The van der Waals surface area contributed by atoms with Crippen LogP contribution < -0.4 is 4.74 Å². The lowest BCUT2D eigenvalue weighted by molar-refractivity contribution is 0.306. The first-order chi connectivity index (χ1) is 11.3. The highest BCUT2D eigenvalue weighted by Gasteiger charge is 1.98. The van der Waals surface area contributed by atoms with Gasteiger partial charge in [0, 0.05) is 4.90 Å². The molecule has 0 aliphatic heterocycles. The molecular formula is C21H28OS. The minimum absolute atomic E-state index is 0.614. The third kappa shape index (κ3) is 7.13. The zero-order chi connectivity index (χ0) is 16.3. The second-order valence-electron chi connectivity index (χ2n) is 6.12. The fourth-order valence-electron chi connectivity index (χ4n) is 2.62. The van der Waals surface area contributed by atoms with Gasteiger partial charge in [0.15, 0.2) is 0 Å². The number of thiol groups is 1. The van der Waals surface area contributed by atoms with Crippen LogP contribution in [0, 0.1) is 0 Å². The Morgan fingerprint density at radius 3 is 2.04 bits per heavy atom. The van der Waals surface area contributed by atoms with Gasteiger partial charge in [-0.2, -0.15) is 0 Å². The van der Waals surface area contributed by atoms with Gasteiger partial charge in [0.25, 0.3) is 0 Å². The molecule has 2 rings (SSSR count). The minimum Gasteiger partial charge on any atom is -0.489 e. The van der Waals surface area contributed by atoms with Crippen LogP contribution in [0.5, 0.6) is 5.75 Å². The molecule has 2 aromatic carbocycles. The van der Waals surface area contributed by atoms with E-state index in [1.807, 2.05) is 24.3 Å². The Hall–Kier alpha value is -1.41. The van der Waals surface area contributed by atoms with Crippen LogP contribution in [0.3, 0.4) is 0 Å². The predicted molar refractivity (Wildman–Crippen MR) is 102 cm³/mol. The summed E-state index contributed by atoms with van der Waals surface area (Å²) in [5, 5.41) is 0. The molecule has 0 N–H and O–H groups in total. The first-order valence-corrected chi connectivity index (χ1v) is 9.22. The number of hydrogen-bond acceptors (Lipinski definition) is 2. The molecule has 0 unspecified atom stereocenters. The smallest absolute Gasteiger partial charge is 0.119 e. The average molecular weight is 329 g/mol. The zero-order valence-corrected chi connectivity index (χ0v) is 15.0. The molecule has 0 heterocycles. The van der Waals surface area contributed by atoms with Crippen LogP contribution in [0.25, 0.3) is 0 Å². The van der Waals surface area contributed by atoms with E-state index in [1.54, 1.807) is 0 Å². The van der Waals surface area contributed by atoms with Crippen molar-refractivity contribution in [3.05, 3.63) is 59.7 Å². The second-order valence-corrected chi connectivity index (χ2v) is 6.63. The molecule has 0 atom stereocenters. The Morgan fingerprint density at radius 1 is 0.739 bits per heavy atom. The first kappa shape index (κ1) is 17.9. The van der Waals surface area contributed by atoms with Crippen LogP contribution in [0.15, 0.2) is 53.4 Å². The van der Waals surface area contributed by atoms with E-state index < -0.39 is 0 Å². The van der Waals surface area contributed by atoms with Gasteiger partial charge in [0.1, 0.15) is 12.4 Å². The summed E-state index contributed by atoms with van der Waals surface area (Å²) in [5.41, 5.74) is 2.65. The Balaban J connectivity index is 1.68. The summed E-state index contributed by atoms with van der Waals surface area (Å²) in [6.45, 7) is 2.88. The largest absolute Gasteiger partial charge is 0.489 e. The first-order valence-electron chi connectivity index (χ1n) is 8.77. The van der Waals surface area contributed by atoms with Crippen molar-refractivity contribution in [1.29, 1.82) is 0 Å². The van der Waals surface area contributed by atoms with E-state index in [-0.39, 0.29) is 0 Å². The molecular weight excluding hydrogens is 300 g/mol. The molecule has 2 heteroatoms. The average Bonchev–Trinajstić information content (AvgIpc) is 2.58. The molecule has 0 saturated heterocycles. The number of rotatable bonds is 10. The highest BCUT2D eigenvalue weighted by molar-refractivity contribution is 7.80. The van der Waals surface area contributed by atoms with Crippen LogP contribution >= 0.6 is 12.6 Å². The second kappa shape index (κ2) is 10.4. The van der Waals surface area contributed by atoms with Gasteiger partial charge in [0.2, 0.25) is 0 Å². The molecule has 0 saturated carbocycles. The van der Waals surface area contributed by atoms with Gasteiger partial charge in [-0.3, -0.25) is 0 Å². The zero-order valence-electron chi connectivity index (χ0n) is 14.1. The third-order valence-electron chi connectivity index (χ3n) is 4.08. The van der Waals surface area contributed by atoms with Crippen molar-refractivity contribution >= 4 is 12.6 Å². The number of unbranched alkanes of at least 4 members (excludes halogenated alkanes) is 5. The molecule has 1 nitrogen and oxygen atoms in total. The number of hydrogen-bond donors (Lipinski definition) is 1. The van der Waals surface area contributed by atoms with Gasteiger partial charge in [-0.15, -0.1) is 12.6 Å². The number of aryl methyl sites for hydroxylation is 1. The van der Waals surface area contributed by atoms with Crippen LogP contribution in [-0.2, 0) is 13.0 Å². The summed E-state index contributed by atoms with van der Waals surface area (Å²) in [4.78, 5) is 0.955. The van der Waals surface area contributed by atoms with E-state index in [2.05, 4.69) is 43.8 Å². The maximum atomic E-state index is 5.79. The van der Waals surface area contributed by atoms with E-state index in [1.165, 1.54) is 56.1 Å². The molecule has 0 spiro atoms. The van der Waals surface area contributed by atoms with Crippen molar-refractivity contribution < 1.29 is 4.74 Å². The Kier molecular flexibility index (Phi) is 8.10. The molecule has 0 radical (unpaired) electrons. The van der Waals surface area contributed by atoms with E-state index >= 15 is 0 Å².